The molecule has 2 atom stereocenters. The molecule has 2 fully saturated rings. The molecule has 0 saturated carbocycles. The molecule has 0 aliphatic carbocycles. The fourth-order valence-electron chi connectivity index (χ4n) is 3.33. The van der Waals surface area contributed by atoms with Gasteiger partial charge in [-0.15, -0.1) is 0 Å². The third-order valence-corrected chi connectivity index (χ3v) is 4.96. The van der Waals surface area contributed by atoms with Crippen molar-refractivity contribution in [3.8, 4) is 5.75 Å². The quantitative estimate of drug-likeness (QED) is 0.849. The fraction of sp³-hybridized carbons (Fsp3) is 0.647. The first-order chi connectivity index (χ1) is 10.2. The van der Waals surface area contributed by atoms with Crippen LogP contribution in [0.5, 0.6) is 5.75 Å². The maximum atomic E-state index is 6.13. The summed E-state index contributed by atoms with van der Waals surface area (Å²) in [6.45, 7) is 4.64. The largest absolute Gasteiger partial charge is 0.487 e. The Morgan fingerprint density at radius 2 is 1.76 bits per heavy atom. The number of likely N-dealkylation sites (tertiary alicyclic amines) is 2. The van der Waals surface area contributed by atoms with E-state index in [9.17, 15) is 0 Å². The van der Waals surface area contributed by atoms with E-state index in [1.807, 2.05) is 24.3 Å². The van der Waals surface area contributed by atoms with Gasteiger partial charge in [0.2, 0.25) is 0 Å². The second-order valence-corrected chi connectivity index (χ2v) is 6.77. The molecule has 0 aromatic heterocycles. The summed E-state index contributed by atoms with van der Waals surface area (Å²) in [7, 11) is 2.20. The van der Waals surface area contributed by atoms with Gasteiger partial charge in [-0.3, -0.25) is 4.90 Å². The van der Waals surface area contributed by atoms with Gasteiger partial charge in [-0.2, -0.15) is 0 Å². The Bertz CT molecular complexity index is 443. The molecule has 0 radical (unpaired) electrons. The summed E-state index contributed by atoms with van der Waals surface area (Å²) in [6, 6.07) is 8.22. The zero-order chi connectivity index (χ0) is 14.7. The van der Waals surface area contributed by atoms with E-state index in [1.54, 1.807) is 0 Å². The molecule has 0 amide bonds. The highest BCUT2D eigenvalue weighted by Gasteiger charge is 2.39. The summed E-state index contributed by atoms with van der Waals surface area (Å²) in [4.78, 5) is 5.02. The van der Waals surface area contributed by atoms with Gasteiger partial charge >= 0.3 is 0 Å². The van der Waals surface area contributed by atoms with Gasteiger partial charge in [0.15, 0.2) is 0 Å². The van der Waals surface area contributed by atoms with Crippen LogP contribution in [0.25, 0.3) is 0 Å². The highest BCUT2D eigenvalue weighted by molar-refractivity contribution is 6.30. The zero-order valence-corrected chi connectivity index (χ0v) is 13.6. The van der Waals surface area contributed by atoms with E-state index in [1.165, 1.54) is 38.8 Å². The molecule has 0 spiro atoms. The van der Waals surface area contributed by atoms with Gasteiger partial charge in [-0.1, -0.05) is 24.4 Å². The van der Waals surface area contributed by atoms with Gasteiger partial charge in [0.05, 0.1) is 6.04 Å². The fourth-order valence-corrected chi connectivity index (χ4v) is 3.46. The molecule has 0 unspecified atom stereocenters. The molecule has 21 heavy (non-hydrogen) atoms. The molecule has 1 aromatic rings. The smallest absolute Gasteiger partial charge is 0.128 e. The first-order valence-corrected chi connectivity index (χ1v) is 8.45. The minimum Gasteiger partial charge on any atom is -0.487 e. The predicted molar refractivity (Wildman–Crippen MR) is 87.2 cm³/mol. The van der Waals surface area contributed by atoms with Crippen LogP contribution < -0.4 is 4.74 Å². The number of benzene rings is 1. The number of rotatable bonds is 4. The first kappa shape index (κ1) is 15.1. The molecule has 2 aliphatic rings. The van der Waals surface area contributed by atoms with Crippen molar-refractivity contribution in [1.82, 2.24) is 9.80 Å². The Hall–Kier alpha value is -0.770. The Kier molecular flexibility index (Phi) is 5.04. The Morgan fingerprint density at radius 1 is 1.10 bits per heavy atom. The average molecular weight is 309 g/mol. The zero-order valence-electron chi connectivity index (χ0n) is 12.8. The van der Waals surface area contributed by atoms with Gasteiger partial charge in [-0.05, 0) is 57.2 Å². The van der Waals surface area contributed by atoms with Crippen LogP contribution in [0, 0.1) is 0 Å². The van der Waals surface area contributed by atoms with Crippen molar-refractivity contribution in [2.75, 3.05) is 33.2 Å². The third kappa shape index (κ3) is 3.91. The molecule has 4 heteroatoms. The molecule has 3 nitrogen and oxygen atoms in total. The number of ether oxygens (including phenoxy) is 1. The first-order valence-electron chi connectivity index (χ1n) is 8.07. The number of nitrogens with zero attached hydrogens (tertiary/aromatic N) is 2. The minimum atomic E-state index is 0.305. The van der Waals surface area contributed by atoms with Crippen LogP contribution in [0.4, 0.5) is 0 Å². The third-order valence-electron chi connectivity index (χ3n) is 4.71. The van der Waals surface area contributed by atoms with Crippen LogP contribution >= 0.6 is 11.6 Å². The molecule has 2 saturated heterocycles. The lowest BCUT2D eigenvalue weighted by Crippen LogP contribution is -2.64. The maximum absolute atomic E-state index is 6.13. The molecule has 0 bridgehead atoms. The summed E-state index contributed by atoms with van der Waals surface area (Å²) in [6.07, 6.45) is 5.78. The van der Waals surface area contributed by atoms with Crippen molar-refractivity contribution in [1.29, 1.82) is 0 Å². The lowest BCUT2D eigenvalue weighted by Gasteiger charge is -2.47. The molecular formula is C17H25ClN2O. The summed E-state index contributed by atoms with van der Waals surface area (Å²) < 4.78 is 6.13. The van der Waals surface area contributed by atoms with Crippen LogP contribution in [-0.2, 0) is 0 Å². The summed E-state index contributed by atoms with van der Waals surface area (Å²) >= 11 is 5.92. The van der Waals surface area contributed by atoms with Gasteiger partial charge in [-0.25, -0.2) is 0 Å². The lowest BCUT2D eigenvalue weighted by atomic mass is 9.99. The van der Waals surface area contributed by atoms with Gasteiger partial charge in [0, 0.05) is 18.1 Å². The van der Waals surface area contributed by atoms with Crippen molar-refractivity contribution in [3.05, 3.63) is 29.3 Å². The van der Waals surface area contributed by atoms with E-state index in [-0.39, 0.29) is 0 Å². The molecule has 3 rings (SSSR count). The van der Waals surface area contributed by atoms with Crippen molar-refractivity contribution >= 4 is 11.6 Å². The monoisotopic (exact) mass is 308 g/mol. The van der Waals surface area contributed by atoms with Gasteiger partial charge in [0.1, 0.15) is 11.9 Å². The van der Waals surface area contributed by atoms with E-state index in [0.717, 1.165) is 23.9 Å². The lowest BCUT2D eigenvalue weighted by molar-refractivity contribution is -0.0428. The second kappa shape index (κ2) is 6.99. The summed E-state index contributed by atoms with van der Waals surface area (Å²) in [5.74, 6) is 0.929. The molecule has 0 N–H and O–H groups in total. The van der Waals surface area contributed by atoms with Crippen LogP contribution in [0.2, 0.25) is 5.02 Å². The standard InChI is InChI=1S/C17H25ClN2O/c1-19-13-17(21-15-8-6-14(18)7-9-15)16(19)12-20-10-4-2-3-5-11-20/h6-9,16-17H,2-5,10-13H2,1H3/t16-,17-/m1/s1. The molecular weight excluding hydrogens is 284 g/mol. The van der Waals surface area contributed by atoms with Crippen molar-refractivity contribution < 1.29 is 4.74 Å². The number of hydrogen-bond donors (Lipinski definition) is 0. The summed E-state index contributed by atoms with van der Waals surface area (Å²) in [5.41, 5.74) is 0. The molecule has 2 aliphatic heterocycles. The van der Waals surface area contributed by atoms with Crippen LogP contribution in [0.3, 0.4) is 0 Å². The van der Waals surface area contributed by atoms with Crippen LogP contribution in [-0.4, -0.2) is 55.2 Å². The minimum absolute atomic E-state index is 0.305. The van der Waals surface area contributed by atoms with E-state index in [2.05, 4.69) is 16.8 Å². The van der Waals surface area contributed by atoms with E-state index in [0.29, 0.717) is 12.1 Å². The van der Waals surface area contributed by atoms with Gasteiger partial charge < -0.3 is 9.64 Å². The molecule has 2 heterocycles. The maximum Gasteiger partial charge on any atom is 0.128 e. The van der Waals surface area contributed by atoms with Crippen molar-refractivity contribution in [3.63, 3.8) is 0 Å². The second-order valence-electron chi connectivity index (χ2n) is 6.33. The van der Waals surface area contributed by atoms with E-state index < -0.39 is 0 Å². The SMILES string of the molecule is CN1C[C@@H](Oc2ccc(Cl)cc2)[C@H]1CN1CCCCCC1. The Labute approximate surface area is 132 Å². The van der Waals surface area contributed by atoms with Crippen molar-refractivity contribution in [2.45, 2.75) is 37.8 Å². The van der Waals surface area contributed by atoms with E-state index in [4.69, 9.17) is 16.3 Å². The molecule has 116 valence electrons. The Morgan fingerprint density at radius 3 is 2.38 bits per heavy atom. The number of hydrogen-bond acceptors (Lipinski definition) is 3. The number of likely N-dealkylation sites (N-methyl/N-ethyl adjacent to an activating group) is 1. The Balaban J connectivity index is 1.55. The highest BCUT2D eigenvalue weighted by atomic mass is 35.5. The highest BCUT2D eigenvalue weighted by Crippen LogP contribution is 2.25. The van der Waals surface area contributed by atoms with Crippen LogP contribution in [0.1, 0.15) is 25.7 Å². The summed E-state index contributed by atoms with van der Waals surface area (Å²) in [5, 5.41) is 0.759. The van der Waals surface area contributed by atoms with Crippen LogP contribution in [0.15, 0.2) is 24.3 Å². The molecule has 1 aromatic carbocycles. The van der Waals surface area contributed by atoms with E-state index >= 15 is 0 Å². The predicted octanol–water partition coefficient (Wildman–Crippen LogP) is 3.28. The average Bonchev–Trinajstić information content (AvgIpc) is 2.75. The normalized spacial score (nSPS) is 27.9. The van der Waals surface area contributed by atoms with Gasteiger partial charge in [0.25, 0.3) is 0 Å². The topological polar surface area (TPSA) is 15.7 Å². The number of halogens is 1. The van der Waals surface area contributed by atoms with Crippen molar-refractivity contribution in [2.24, 2.45) is 0 Å².